The molecule has 0 saturated carbocycles. The number of hydrazone groups is 1. The Balaban J connectivity index is 1.40. The average molecular weight is 464 g/mol. The van der Waals surface area contributed by atoms with Crippen molar-refractivity contribution in [1.82, 2.24) is 5.43 Å². The molecule has 0 aliphatic carbocycles. The van der Waals surface area contributed by atoms with Gasteiger partial charge in [0.2, 0.25) is 11.8 Å². The molecule has 0 aliphatic rings. The van der Waals surface area contributed by atoms with Gasteiger partial charge in [0, 0.05) is 27.6 Å². The van der Waals surface area contributed by atoms with E-state index in [1.807, 2.05) is 30.3 Å². The standard InChI is InChI=1S/C25H22ClN3O4/c1-15(28-29-25(31)12-16-7-9-17(26)10-8-16)11-24(30)27-20-14-22-19(13-23(20)32-2)18-5-3-4-6-21(18)33-22/h3-10,13-14H,11-12H2,1-2H3,(H,27,30)(H,29,31)/b28-15+. The Morgan fingerprint density at radius 2 is 1.76 bits per heavy atom. The van der Waals surface area contributed by atoms with Gasteiger partial charge >= 0.3 is 0 Å². The van der Waals surface area contributed by atoms with E-state index >= 15 is 0 Å². The number of rotatable bonds is 7. The van der Waals surface area contributed by atoms with E-state index in [4.69, 9.17) is 20.8 Å². The van der Waals surface area contributed by atoms with Gasteiger partial charge in [-0.25, -0.2) is 5.43 Å². The Kier molecular flexibility index (Phi) is 6.60. The van der Waals surface area contributed by atoms with Gasteiger partial charge in [0.15, 0.2) is 0 Å². The van der Waals surface area contributed by atoms with E-state index in [0.29, 0.717) is 27.8 Å². The van der Waals surface area contributed by atoms with Crippen LogP contribution in [0.15, 0.2) is 70.2 Å². The molecule has 33 heavy (non-hydrogen) atoms. The van der Waals surface area contributed by atoms with Crippen molar-refractivity contribution in [2.24, 2.45) is 5.10 Å². The van der Waals surface area contributed by atoms with Crippen LogP contribution in [0.4, 0.5) is 5.69 Å². The number of ether oxygens (including phenoxy) is 1. The smallest absolute Gasteiger partial charge is 0.244 e. The van der Waals surface area contributed by atoms with Crippen LogP contribution in [-0.4, -0.2) is 24.6 Å². The Morgan fingerprint density at radius 3 is 2.52 bits per heavy atom. The van der Waals surface area contributed by atoms with Gasteiger partial charge in [-0.3, -0.25) is 9.59 Å². The van der Waals surface area contributed by atoms with Crippen molar-refractivity contribution in [2.45, 2.75) is 19.8 Å². The molecule has 0 unspecified atom stereocenters. The first-order chi connectivity index (χ1) is 15.9. The molecule has 4 rings (SSSR count). The number of anilines is 1. The van der Waals surface area contributed by atoms with E-state index in [1.54, 1.807) is 44.4 Å². The number of benzene rings is 3. The number of para-hydroxylation sites is 1. The van der Waals surface area contributed by atoms with E-state index < -0.39 is 0 Å². The van der Waals surface area contributed by atoms with Crippen molar-refractivity contribution < 1.29 is 18.7 Å². The molecule has 1 aromatic heterocycles. The van der Waals surface area contributed by atoms with E-state index in [2.05, 4.69) is 15.8 Å². The summed E-state index contributed by atoms with van der Waals surface area (Å²) in [5.41, 5.74) is 5.65. The number of methoxy groups -OCH3 is 1. The van der Waals surface area contributed by atoms with Crippen molar-refractivity contribution in [2.75, 3.05) is 12.4 Å². The summed E-state index contributed by atoms with van der Waals surface area (Å²) >= 11 is 5.85. The van der Waals surface area contributed by atoms with E-state index in [0.717, 1.165) is 21.9 Å². The molecule has 0 spiro atoms. The summed E-state index contributed by atoms with van der Waals surface area (Å²) in [4.78, 5) is 24.6. The highest BCUT2D eigenvalue weighted by atomic mass is 35.5. The van der Waals surface area contributed by atoms with Crippen molar-refractivity contribution in [1.29, 1.82) is 0 Å². The highest BCUT2D eigenvalue weighted by molar-refractivity contribution is 6.30. The maximum absolute atomic E-state index is 12.6. The topological polar surface area (TPSA) is 92.9 Å². The summed E-state index contributed by atoms with van der Waals surface area (Å²) in [6.07, 6.45) is 0.164. The van der Waals surface area contributed by atoms with Gasteiger partial charge in [-0.1, -0.05) is 41.9 Å². The molecule has 2 amide bonds. The number of hydrogen-bond acceptors (Lipinski definition) is 5. The number of fused-ring (bicyclic) bond motifs is 3. The normalized spacial score (nSPS) is 11.5. The maximum atomic E-state index is 12.6. The molecule has 168 valence electrons. The third kappa shape index (κ3) is 5.32. The van der Waals surface area contributed by atoms with Crippen LogP contribution in [-0.2, 0) is 16.0 Å². The highest BCUT2D eigenvalue weighted by Crippen LogP contribution is 2.36. The fraction of sp³-hybridized carbons (Fsp3) is 0.160. The maximum Gasteiger partial charge on any atom is 0.244 e. The quantitative estimate of drug-likeness (QED) is 0.287. The third-order valence-electron chi connectivity index (χ3n) is 5.04. The molecule has 0 atom stereocenters. The minimum absolute atomic E-state index is 0.00253. The minimum Gasteiger partial charge on any atom is -0.495 e. The third-order valence-corrected chi connectivity index (χ3v) is 5.29. The van der Waals surface area contributed by atoms with Gasteiger partial charge in [-0.15, -0.1) is 0 Å². The second kappa shape index (κ2) is 9.75. The Labute approximate surface area is 195 Å². The number of hydrogen-bond donors (Lipinski definition) is 2. The van der Waals surface area contributed by atoms with Crippen LogP contribution in [0.2, 0.25) is 5.02 Å². The molecule has 3 aromatic carbocycles. The zero-order chi connectivity index (χ0) is 23.4. The number of amides is 2. The molecule has 0 aliphatic heterocycles. The molecule has 4 aromatic rings. The summed E-state index contributed by atoms with van der Waals surface area (Å²) in [7, 11) is 1.54. The van der Waals surface area contributed by atoms with Crippen LogP contribution in [0, 0.1) is 0 Å². The van der Waals surface area contributed by atoms with Crippen molar-refractivity contribution in [3.8, 4) is 5.75 Å². The zero-order valence-electron chi connectivity index (χ0n) is 18.1. The predicted octanol–water partition coefficient (Wildman–Crippen LogP) is 5.31. The average Bonchev–Trinajstić information content (AvgIpc) is 3.16. The Hall–Kier alpha value is -3.84. The van der Waals surface area contributed by atoms with Gasteiger partial charge in [0.25, 0.3) is 0 Å². The summed E-state index contributed by atoms with van der Waals surface area (Å²) in [5, 5.41) is 9.34. The van der Waals surface area contributed by atoms with Gasteiger partial charge in [-0.05, 0) is 36.8 Å². The van der Waals surface area contributed by atoms with Crippen LogP contribution in [0.3, 0.4) is 0 Å². The molecule has 7 nitrogen and oxygen atoms in total. The zero-order valence-corrected chi connectivity index (χ0v) is 18.9. The fourth-order valence-corrected chi connectivity index (χ4v) is 3.60. The Morgan fingerprint density at radius 1 is 1.00 bits per heavy atom. The number of furan rings is 1. The lowest BCUT2D eigenvalue weighted by Crippen LogP contribution is -2.23. The summed E-state index contributed by atoms with van der Waals surface area (Å²) in [6, 6.07) is 18.3. The van der Waals surface area contributed by atoms with Gasteiger partial charge in [0.1, 0.15) is 16.9 Å². The summed E-state index contributed by atoms with van der Waals surface area (Å²) < 4.78 is 11.4. The van der Waals surface area contributed by atoms with E-state index in [1.165, 1.54) is 0 Å². The number of nitrogens with zero attached hydrogens (tertiary/aromatic N) is 1. The molecule has 0 bridgehead atoms. The van der Waals surface area contributed by atoms with Crippen LogP contribution in [0.5, 0.6) is 5.75 Å². The van der Waals surface area contributed by atoms with E-state index in [9.17, 15) is 9.59 Å². The highest BCUT2D eigenvalue weighted by Gasteiger charge is 2.14. The second-order valence-electron chi connectivity index (χ2n) is 7.56. The molecule has 0 fully saturated rings. The number of halogens is 1. The van der Waals surface area contributed by atoms with Gasteiger partial charge in [0.05, 0.1) is 25.6 Å². The van der Waals surface area contributed by atoms with Crippen molar-refractivity contribution in [3.05, 3.63) is 71.2 Å². The monoisotopic (exact) mass is 463 g/mol. The molecule has 0 radical (unpaired) electrons. The van der Waals surface area contributed by atoms with Crippen LogP contribution >= 0.6 is 11.6 Å². The van der Waals surface area contributed by atoms with Gasteiger partial charge in [-0.2, -0.15) is 5.10 Å². The van der Waals surface area contributed by atoms with Crippen LogP contribution < -0.4 is 15.5 Å². The lowest BCUT2D eigenvalue weighted by Gasteiger charge is -2.10. The lowest BCUT2D eigenvalue weighted by atomic mass is 10.1. The fourth-order valence-electron chi connectivity index (χ4n) is 3.47. The Bertz CT molecular complexity index is 1360. The van der Waals surface area contributed by atoms with Crippen molar-refractivity contribution in [3.63, 3.8) is 0 Å². The van der Waals surface area contributed by atoms with Crippen LogP contribution in [0.1, 0.15) is 18.9 Å². The van der Waals surface area contributed by atoms with Gasteiger partial charge < -0.3 is 14.5 Å². The van der Waals surface area contributed by atoms with Crippen molar-refractivity contribution >= 4 is 56.8 Å². The number of carbonyl (C=O) groups excluding carboxylic acids is 2. The second-order valence-corrected chi connectivity index (χ2v) is 7.99. The van der Waals surface area contributed by atoms with E-state index in [-0.39, 0.29) is 24.7 Å². The molecule has 8 heteroatoms. The molecule has 0 saturated heterocycles. The first-order valence-electron chi connectivity index (χ1n) is 10.3. The first kappa shape index (κ1) is 22.4. The van der Waals surface area contributed by atoms with Crippen LogP contribution in [0.25, 0.3) is 21.9 Å². The number of nitrogens with one attached hydrogen (secondary N) is 2. The SMILES string of the molecule is COc1cc2c(cc1NC(=O)C/C(C)=N/NC(=O)Cc1ccc(Cl)cc1)oc1ccccc12. The lowest BCUT2D eigenvalue weighted by molar-refractivity contribution is -0.120. The molecule has 2 N–H and O–H groups in total. The largest absolute Gasteiger partial charge is 0.495 e. The predicted molar refractivity (Wildman–Crippen MR) is 130 cm³/mol. The molecular formula is C25H22ClN3O4. The first-order valence-corrected chi connectivity index (χ1v) is 10.7. The minimum atomic E-state index is -0.294. The summed E-state index contributed by atoms with van der Waals surface area (Å²) in [5.74, 6) is -0.0562. The molecule has 1 heterocycles. The number of carbonyl (C=O) groups is 2. The summed E-state index contributed by atoms with van der Waals surface area (Å²) in [6.45, 7) is 1.67. The molecular weight excluding hydrogens is 442 g/mol.